The maximum Gasteiger partial charge on any atom is 0.319 e. The van der Waals surface area contributed by atoms with E-state index in [1.807, 2.05) is 7.05 Å². The van der Waals surface area contributed by atoms with Crippen molar-refractivity contribution >= 4 is 6.03 Å². The number of nitrogens with zero attached hydrogens (tertiary/aromatic N) is 2. The maximum atomic E-state index is 11.5. The highest BCUT2D eigenvalue weighted by atomic mass is 16.5. The average molecular weight is 200 g/mol. The molecule has 14 heavy (non-hydrogen) atoms. The molecule has 0 aromatic carbocycles. The van der Waals surface area contributed by atoms with Gasteiger partial charge in [-0.15, -0.1) is 0 Å². The Kier molecular flexibility index (Phi) is 4.20. The lowest BCUT2D eigenvalue weighted by Crippen LogP contribution is -2.40. The van der Waals surface area contributed by atoms with Crippen LogP contribution >= 0.6 is 0 Å². The van der Waals surface area contributed by atoms with Crippen LogP contribution < -0.4 is 0 Å². The second kappa shape index (κ2) is 5.20. The van der Waals surface area contributed by atoms with Crippen molar-refractivity contribution in [3.05, 3.63) is 0 Å². The van der Waals surface area contributed by atoms with E-state index in [1.165, 1.54) is 0 Å². The number of rotatable bonds is 2. The summed E-state index contributed by atoms with van der Waals surface area (Å²) in [4.78, 5) is 14.9. The molecule has 0 aromatic heterocycles. The van der Waals surface area contributed by atoms with Gasteiger partial charge in [0.05, 0.1) is 0 Å². The quantitative estimate of drug-likeness (QED) is 0.667. The summed E-state index contributed by atoms with van der Waals surface area (Å²) in [5.74, 6) is 0.609. The van der Waals surface area contributed by atoms with E-state index < -0.39 is 0 Å². The Morgan fingerprint density at radius 2 is 1.86 bits per heavy atom. The van der Waals surface area contributed by atoms with Gasteiger partial charge in [-0.2, -0.15) is 0 Å². The number of hydrogen-bond donors (Lipinski definition) is 0. The minimum atomic E-state index is 0.0801. The van der Waals surface area contributed by atoms with E-state index in [0.29, 0.717) is 5.92 Å². The van der Waals surface area contributed by atoms with Crippen LogP contribution in [0.2, 0.25) is 0 Å². The summed E-state index contributed by atoms with van der Waals surface area (Å²) in [5, 5.41) is 0. The summed E-state index contributed by atoms with van der Waals surface area (Å²) in [6.45, 7) is 2.53. The van der Waals surface area contributed by atoms with E-state index in [0.717, 1.165) is 32.6 Å². The van der Waals surface area contributed by atoms with Gasteiger partial charge in [0.25, 0.3) is 0 Å². The molecule has 0 radical (unpaired) electrons. The predicted octanol–water partition coefficient (Wildman–Crippen LogP) is 1.03. The van der Waals surface area contributed by atoms with Crippen LogP contribution in [0.3, 0.4) is 0 Å². The summed E-state index contributed by atoms with van der Waals surface area (Å²) < 4.78 is 5.28. The molecule has 1 aliphatic rings. The molecule has 0 bridgehead atoms. The molecule has 1 fully saturated rings. The van der Waals surface area contributed by atoms with Crippen LogP contribution in [0.25, 0.3) is 0 Å². The molecule has 0 unspecified atom stereocenters. The molecule has 82 valence electrons. The van der Waals surface area contributed by atoms with Crippen molar-refractivity contribution in [2.75, 3.05) is 40.9 Å². The van der Waals surface area contributed by atoms with Crippen LogP contribution in [0, 0.1) is 5.92 Å². The van der Waals surface area contributed by atoms with Crippen molar-refractivity contribution < 1.29 is 9.53 Å². The van der Waals surface area contributed by atoms with Gasteiger partial charge >= 0.3 is 6.03 Å². The Morgan fingerprint density at radius 3 is 2.36 bits per heavy atom. The van der Waals surface area contributed by atoms with Crippen molar-refractivity contribution in [3.63, 3.8) is 0 Å². The van der Waals surface area contributed by atoms with E-state index in [-0.39, 0.29) is 6.03 Å². The smallest absolute Gasteiger partial charge is 0.319 e. The van der Waals surface area contributed by atoms with Gasteiger partial charge in [0.1, 0.15) is 0 Å². The number of ether oxygens (including phenoxy) is 1. The van der Waals surface area contributed by atoms with Crippen molar-refractivity contribution in [2.45, 2.75) is 12.8 Å². The van der Waals surface area contributed by atoms with Crippen LogP contribution in [0.1, 0.15) is 12.8 Å². The highest BCUT2D eigenvalue weighted by molar-refractivity contribution is 5.73. The summed E-state index contributed by atoms with van der Waals surface area (Å²) in [6, 6.07) is 0.0801. The molecule has 0 aromatic rings. The third kappa shape index (κ3) is 3.18. The summed E-state index contributed by atoms with van der Waals surface area (Å²) >= 11 is 0. The van der Waals surface area contributed by atoms with Gasteiger partial charge in [-0.05, 0) is 18.8 Å². The lowest BCUT2D eigenvalue weighted by Gasteiger charge is -2.28. The Morgan fingerprint density at radius 1 is 1.29 bits per heavy atom. The number of amides is 2. The van der Waals surface area contributed by atoms with Gasteiger partial charge in [-0.1, -0.05) is 0 Å². The van der Waals surface area contributed by atoms with Crippen molar-refractivity contribution in [1.29, 1.82) is 0 Å². The molecule has 1 aliphatic heterocycles. The van der Waals surface area contributed by atoms with Crippen molar-refractivity contribution in [1.82, 2.24) is 9.80 Å². The van der Waals surface area contributed by atoms with Crippen molar-refractivity contribution in [2.24, 2.45) is 5.92 Å². The van der Waals surface area contributed by atoms with Gasteiger partial charge in [0.2, 0.25) is 0 Å². The molecule has 1 saturated heterocycles. The second-order valence-electron chi connectivity index (χ2n) is 4.11. The molecule has 0 N–H and O–H groups in total. The Hall–Kier alpha value is -0.770. The highest BCUT2D eigenvalue weighted by Crippen LogP contribution is 2.15. The fourth-order valence-corrected chi connectivity index (χ4v) is 1.74. The average Bonchev–Trinajstić information content (AvgIpc) is 2.18. The first-order valence-corrected chi connectivity index (χ1v) is 5.11. The molecule has 1 heterocycles. The first kappa shape index (κ1) is 11.3. The van der Waals surface area contributed by atoms with Gasteiger partial charge in [0, 0.05) is 40.9 Å². The van der Waals surface area contributed by atoms with E-state index in [2.05, 4.69) is 0 Å². The van der Waals surface area contributed by atoms with E-state index in [1.54, 1.807) is 23.9 Å². The molecule has 2 amide bonds. The molecule has 0 saturated carbocycles. The predicted molar refractivity (Wildman–Crippen MR) is 55.3 cm³/mol. The van der Waals surface area contributed by atoms with Gasteiger partial charge < -0.3 is 14.5 Å². The molecule has 1 rings (SSSR count). The molecule has 0 spiro atoms. The summed E-state index contributed by atoms with van der Waals surface area (Å²) in [5.41, 5.74) is 0. The zero-order chi connectivity index (χ0) is 10.6. The van der Waals surface area contributed by atoms with Crippen LogP contribution in [0.5, 0.6) is 0 Å². The van der Waals surface area contributed by atoms with Gasteiger partial charge in [-0.3, -0.25) is 0 Å². The van der Waals surface area contributed by atoms with E-state index >= 15 is 0 Å². The van der Waals surface area contributed by atoms with E-state index in [4.69, 9.17) is 4.74 Å². The molecular weight excluding hydrogens is 180 g/mol. The SMILES string of the molecule is CN(C)C(=O)N(C)CC1CCOCC1. The number of carbonyl (C=O) groups is 1. The lowest BCUT2D eigenvalue weighted by atomic mass is 10.00. The normalized spacial score (nSPS) is 17.9. The second-order valence-corrected chi connectivity index (χ2v) is 4.11. The molecular formula is C10H20N2O2. The number of hydrogen-bond acceptors (Lipinski definition) is 2. The zero-order valence-electron chi connectivity index (χ0n) is 9.32. The Labute approximate surface area is 85.8 Å². The van der Waals surface area contributed by atoms with Crippen LogP contribution in [0.4, 0.5) is 4.79 Å². The molecule has 0 aliphatic carbocycles. The topological polar surface area (TPSA) is 32.8 Å². The fourth-order valence-electron chi connectivity index (χ4n) is 1.74. The number of urea groups is 1. The summed E-state index contributed by atoms with van der Waals surface area (Å²) in [7, 11) is 5.42. The van der Waals surface area contributed by atoms with Gasteiger partial charge in [0.15, 0.2) is 0 Å². The molecule has 4 nitrogen and oxygen atoms in total. The lowest BCUT2D eigenvalue weighted by molar-refractivity contribution is 0.0573. The van der Waals surface area contributed by atoms with Crippen LogP contribution in [-0.4, -0.2) is 56.7 Å². The van der Waals surface area contributed by atoms with Crippen LogP contribution in [-0.2, 0) is 4.74 Å². The standard InChI is InChI=1S/C10H20N2O2/c1-11(2)10(13)12(3)8-9-4-6-14-7-5-9/h9H,4-8H2,1-3H3. The minimum absolute atomic E-state index is 0.0801. The Balaban J connectivity index is 2.31. The third-order valence-electron chi connectivity index (χ3n) is 2.58. The van der Waals surface area contributed by atoms with Crippen molar-refractivity contribution in [3.8, 4) is 0 Å². The zero-order valence-corrected chi connectivity index (χ0v) is 9.32. The van der Waals surface area contributed by atoms with Gasteiger partial charge in [-0.25, -0.2) is 4.79 Å². The highest BCUT2D eigenvalue weighted by Gasteiger charge is 2.19. The van der Waals surface area contributed by atoms with E-state index in [9.17, 15) is 4.79 Å². The Bertz CT molecular complexity index is 189. The first-order chi connectivity index (χ1) is 6.61. The molecule has 0 atom stereocenters. The fraction of sp³-hybridized carbons (Fsp3) is 0.900. The largest absolute Gasteiger partial charge is 0.381 e. The monoisotopic (exact) mass is 200 g/mol. The first-order valence-electron chi connectivity index (χ1n) is 5.11. The van der Waals surface area contributed by atoms with Crippen LogP contribution in [0.15, 0.2) is 0 Å². The third-order valence-corrected chi connectivity index (χ3v) is 2.58. The maximum absolute atomic E-state index is 11.5. The number of carbonyl (C=O) groups excluding carboxylic acids is 1. The molecule has 4 heteroatoms. The minimum Gasteiger partial charge on any atom is -0.381 e. The summed E-state index contributed by atoms with van der Waals surface area (Å²) in [6.07, 6.45) is 2.15.